The van der Waals surface area contributed by atoms with Gasteiger partial charge in [0.1, 0.15) is 6.54 Å². The first kappa shape index (κ1) is 10.4. The average Bonchev–Trinajstić information content (AvgIpc) is 2.74. The molecule has 0 amide bonds. The third-order valence-corrected chi connectivity index (χ3v) is 2.40. The Morgan fingerprint density at radius 2 is 2.38 bits per heavy atom. The van der Waals surface area contributed by atoms with E-state index in [1.165, 1.54) is 0 Å². The van der Waals surface area contributed by atoms with Crippen molar-refractivity contribution in [2.75, 3.05) is 0 Å². The van der Waals surface area contributed by atoms with E-state index >= 15 is 0 Å². The molecular weight excluding hydrogens is 200 g/mol. The highest BCUT2D eigenvalue weighted by Crippen LogP contribution is 2.18. The fourth-order valence-electron chi connectivity index (χ4n) is 1.60. The van der Waals surface area contributed by atoms with Crippen molar-refractivity contribution in [3.05, 3.63) is 36.3 Å². The maximum atomic E-state index is 8.70. The Hall–Kier alpha value is -2.15. The quantitative estimate of drug-likeness (QED) is 0.782. The molecule has 0 atom stereocenters. The van der Waals surface area contributed by atoms with Gasteiger partial charge in [0.2, 0.25) is 0 Å². The molecule has 0 radical (unpaired) electrons. The van der Waals surface area contributed by atoms with Gasteiger partial charge in [-0.15, -0.1) is 0 Å². The van der Waals surface area contributed by atoms with E-state index in [2.05, 4.69) is 23.1 Å². The van der Waals surface area contributed by atoms with Gasteiger partial charge in [0, 0.05) is 23.7 Å². The van der Waals surface area contributed by atoms with Gasteiger partial charge in [0.15, 0.2) is 0 Å². The SMILES string of the molecule is CCc1cc(-c2cccnc2)nn1CC#N. The topological polar surface area (TPSA) is 54.5 Å². The largest absolute Gasteiger partial charge is 0.264 e. The summed E-state index contributed by atoms with van der Waals surface area (Å²) in [5, 5.41) is 13.1. The van der Waals surface area contributed by atoms with Crippen LogP contribution in [0.25, 0.3) is 11.3 Å². The number of hydrogen-bond donors (Lipinski definition) is 0. The molecule has 0 unspecified atom stereocenters. The van der Waals surface area contributed by atoms with E-state index < -0.39 is 0 Å². The van der Waals surface area contributed by atoms with E-state index in [0.29, 0.717) is 6.54 Å². The summed E-state index contributed by atoms with van der Waals surface area (Å²) in [7, 11) is 0. The first-order valence-corrected chi connectivity index (χ1v) is 5.19. The van der Waals surface area contributed by atoms with Crippen molar-refractivity contribution < 1.29 is 0 Å². The smallest absolute Gasteiger partial charge is 0.128 e. The molecule has 2 aromatic heterocycles. The summed E-state index contributed by atoms with van der Waals surface area (Å²) in [6.07, 6.45) is 4.38. The number of nitriles is 1. The zero-order chi connectivity index (χ0) is 11.4. The van der Waals surface area contributed by atoms with Gasteiger partial charge in [-0.25, -0.2) is 0 Å². The standard InChI is InChI=1S/C12H12N4/c1-2-11-8-12(15-16(11)7-5-13)10-4-3-6-14-9-10/h3-4,6,8-9H,2,7H2,1H3. The predicted octanol–water partition coefficient (Wildman–Crippen LogP) is 2.03. The van der Waals surface area contributed by atoms with Gasteiger partial charge in [-0.05, 0) is 24.6 Å². The van der Waals surface area contributed by atoms with Crippen LogP contribution in [-0.4, -0.2) is 14.8 Å². The predicted molar refractivity (Wildman–Crippen MR) is 60.4 cm³/mol. The summed E-state index contributed by atoms with van der Waals surface area (Å²) in [5.41, 5.74) is 2.93. The fraction of sp³-hybridized carbons (Fsp3) is 0.250. The van der Waals surface area contributed by atoms with E-state index in [0.717, 1.165) is 23.4 Å². The van der Waals surface area contributed by atoms with Crippen LogP contribution in [-0.2, 0) is 13.0 Å². The minimum Gasteiger partial charge on any atom is -0.264 e. The molecule has 0 N–H and O–H groups in total. The minimum absolute atomic E-state index is 0.295. The number of nitrogens with zero attached hydrogens (tertiary/aromatic N) is 4. The molecule has 2 aromatic rings. The molecule has 0 aliphatic heterocycles. The molecule has 0 aliphatic carbocycles. The van der Waals surface area contributed by atoms with Crippen molar-refractivity contribution in [3.63, 3.8) is 0 Å². The summed E-state index contributed by atoms with van der Waals surface area (Å²) in [5.74, 6) is 0. The van der Waals surface area contributed by atoms with Crippen LogP contribution in [0.1, 0.15) is 12.6 Å². The Labute approximate surface area is 94.2 Å². The lowest BCUT2D eigenvalue weighted by molar-refractivity contribution is 0.671. The van der Waals surface area contributed by atoms with Crippen molar-refractivity contribution in [3.8, 4) is 17.3 Å². The fourth-order valence-corrected chi connectivity index (χ4v) is 1.60. The number of pyridine rings is 1. The summed E-state index contributed by atoms with van der Waals surface area (Å²) in [6, 6.07) is 7.96. The van der Waals surface area contributed by atoms with Gasteiger partial charge in [0.05, 0.1) is 11.8 Å². The van der Waals surface area contributed by atoms with Crippen molar-refractivity contribution in [2.45, 2.75) is 19.9 Å². The molecule has 80 valence electrons. The molecule has 4 nitrogen and oxygen atoms in total. The molecule has 0 fully saturated rings. The third-order valence-electron chi connectivity index (χ3n) is 2.40. The van der Waals surface area contributed by atoms with Crippen LogP contribution in [0.2, 0.25) is 0 Å². The van der Waals surface area contributed by atoms with Crippen LogP contribution < -0.4 is 0 Å². The van der Waals surface area contributed by atoms with E-state index in [9.17, 15) is 0 Å². The van der Waals surface area contributed by atoms with Gasteiger partial charge in [0.25, 0.3) is 0 Å². The zero-order valence-electron chi connectivity index (χ0n) is 9.09. The van der Waals surface area contributed by atoms with Gasteiger partial charge < -0.3 is 0 Å². The number of aryl methyl sites for hydroxylation is 1. The molecule has 0 aliphatic rings. The van der Waals surface area contributed by atoms with E-state index in [1.807, 2.05) is 18.2 Å². The highest BCUT2D eigenvalue weighted by atomic mass is 15.3. The lowest BCUT2D eigenvalue weighted by Crippen LogP contribution is -2.02. The van der Waals surface area contributed by atoms with Crippen molar-refractivity contribution in [1.82, 2.24) is 14.8 Å². The molecule has 2 rings (SSSR count). The molecule has 0 aromatic carbocycles. The van der Waals surface area contributed by atoms with Crippen molar-refractivity contribution in [2.24, 2.45) is 0 Å². The Morgan fingerprint density at radius 3 is 3.00 bits per heavy atom. The molecule has 0 spiro atoms. The van der Waals surface area contributed by atoms with Gasteiger partial charge in [-0.1, -0.05) is 6.92 Å². The molecule has 16 heavy (non-hydrogen) atoms. The van der Waals surface area contributed by atoms with Crippen LogP contribution in [0.5, 0.6) is 0 Å². The van der Waals surface area contributed by atoms with Crippen LogP contribution in [0.3, 0.4) is 0 Å². The number of hydrogen-bond acceptors (Lipinski definition) is 3. The highest BCUT2D eigenvalue weighted by Gasteiger charge is 2.07. The Balaban J connectivity index is 2.41. The van der Waals surface area contributed by atoms with Crippen LogP contribution in [0, 0.1) is 11.3 Å². The van der Waals surface area contributed by atoms with E-state index in [4.69, 9.17) is 5.26 Å². The van der Waals surface area contributed by atoms with Crippen LogP contribution in [0.4, 0.5) is 0 Å². The Bertz CT molecular complexity index is 508. The molecular formula is C12H12N4. The number of rotatable bonds is 3. The van der Waals surface area contributed by atoms with E-state index in [-0.39, 0.29) is 0 Å². The maximum Gasteiger partial charge on any atom is 0.128 e. The molecule has 4 heteroatoms. The second-order valence-corrected chi connectivity index (χ2v) is 3.43. The van der Waals surface area contributed by atoms with Gasteiger partial charge >= 0.3 is 0 Å². The normalized spacial score (nSPS) is 10.0. The summed E-state index contributed by atoms with van der Waals surface area (Å²) in [6.45, 7) is 2.35. The molecule has 0 saturated carbocycles. The second kappa shape index (κ2) is 4.58. The molecule has 2 heterocycles. The Kier molecular flexibility index (Phi) is 2.97. The minimum atomic E-state index is 0.295. The lowest BCUT2D eigenvalue weighted by Gasteiger charge is -1.97. The van der Waals surface area contributed by atoms with Gasteiger partial charge in [-0.2, -0.15) is 10.4 Å². The third kappa shape index (κ3) is 1.94. The van der Waals surface area contributed by atoms with E-state index in [1.54, 1.807) is 17.1 Å². The van der Waals surface area contributed by atoms with Crippen molar-refractivity contribution in [1.29, 1.82) is 5.26 Å². The van der Waals surface area contributed by atoms with Crippen LogP contribution >= 0.6 is 0 Å². The van der Waals surface area contributed by atoms with Gasteiger partial charge in [-0.3, -0.25) is 9.67 Å². The summed E-state index contributed by atoms with van der Waals surface area (Å²) < 4.78 is 1.74. The van der Waals surface area contributed by atoms with Crippen LogP contribution in [0.15, 0.2) is 30.6 Å². The monoisotopic (exact) mass is 212 g/mol. The Morgan fingerprint density at radius 1 is 1.50 bits per heavy atom. The average molecular weight is 212 g/mol. The molecule has 0 bridgehead atoms. The first-order valence-electron chi connectivity index (χ1n) is 5.19. The van der Waals surface area contributed by atoms with Crippen molar-refractivity contribution >= 4 is 0 Å². The summed E-state index contributed by atoms with van der Waals surface area (Å²) in [4.78, 5) is 4.06. The molecule has 0 saturated heterocycles. The highest BCUT2D eigenvalue weighted by molar-refractivity contribution is 5.57. The number of aromatic nitrogens is 3. The lowest BCUT2D eigenvalue weighted by atomic mass is 10.2. The maximum absolute atomic E-state index is 8.70. The summed E-state index contributed by atoms with van der Waals surface area (Å²) >= 11 is 0. The second-order valence-electron chi connectivity index (χ2n) is 3.43. The zero-order valence-corrected chi connectivity index (χ0v) is 9.09. The first-order chi connectivity index (χ1) is 7.85.